The average Bonchev–Trinajstić information content (AvgIpc) is 3.89. The van der Waals surface area contributed by atoms with E-state index in [0.717, 1.165) is 44.2 Å². The Morgan fingerprint density at radius 3 is 2.42 bits per heavy atom. The summed E-state index contributed by atoms with van der Waals surface area (Å²) in [4.78, 5) is 35.2. The minimum atomic E-state index is -1.60. The Labute approximate surface area is 383 Å². The molecule has 6 aliphatic carbocycles. The molecule has 0 spiro atoms. The van der Waals surface area contributed by atoms with Gasteiger partial charge in [0.25, 0.3) is 0 Å². The highest BCUT2D eigenvalue weighted by Gasteiger charge is 2.76. The number of nitrogens with two attached hydrogens (primary N) is 1. The number of aromatic amines is 1. The highest BCUT2D eigenvalue weighted by Crippen LogP contribution is 2.79. The molecule has 65 heavy (non-hydrogen) atoms. The Morgan fingerprint density at radius 1 is 0.985 bits per heavy atom. The molecule has 5 saturated carbocycles. The largest absolute Gasteiger partial charge is 0.481 e. The van der Waals surface area contributed by atoms with Crippen LogP contribution >= 0.6 is 0 Å². The predicted octanol–water partition coefficient (Wildman–Crippen LogP) is 3.62. The molecule has 3 heterocycles. The number of allylic oxidation sites excluding steroid dienone is 2. The quantitative estimate of drug-likeness (QED) is 0.106. The van der Waals surface area contributed by atoms with Crippen LogP contribution in [0.5, 0.6) is 0 Å². The molecule has 364 valence electrons. The molecule has 1 aromatic rings. The van der Waals surface area contributed by atoms with Crippen molar-refractivity contribution in [3.05, 3.63) is 29.9 Å². The fourth-order valence-electron chi connectivity index (χ4n) is 17.7. The van der Waals surface area contributed by atoms with Crippen molar-refractivity contribution in [3.8, 4) is 0 Å². The Balaban J connectivity index is 1.18. The van der Waals surface area contributed by atoms with Gasteiger partial charge in [0.15, 0.2) is 6.29 Å². The summed E-state index contributed by atoms with van der Waals surface area (Å²) < 4.78 is 12.5. The maximum absolute atomic E-state index is 13.9. The van der Waals surface area contributed by atoms with Crippen LogP contribution in [0.15, 0.2) is 24.2 Å². The van der Waals surface area contributed by atoms with Crippen LogP contribution in [0.25, 0.3) is 0 Å². The number of nitrogens with one attached hydrogen (secondary N) is 2. The van der Waals surface area contributed by atoms with E-state index in [0.29, 0.717) is 45.1 Å². The number of hydrogen-bond donors (Lipinski definition) is 10. The molecule has 2 aliphatic heterocycles. The zero-order valence-electron chi connectivity index (χ0n) is 39.2. The molecule has 15 nitrogen and oxygen atoms in total. The van der Waals surface area contributed by atoms with Crippen molar-refractivity contribution in [1.29, 1.82) is 0 Å². The first-order valence-electron chi connectivity index (χ1n) is 24.9. The van der Waals surface area contributed by atoms with Crippen molar-refractivity contribution in [2.75, 3.05) is 26.4 Å². The van der Waals surface area contributed by atoms with E-state index in [1.54, 1.807) is 12.5 Å². The fraction of sp³-hybridized carbons (Fsp3) is 0.860. The van der Waals surface area contributed by atoms with Gasteiger partial charge in [0.2, 0.25) is 5.91 Å². The summed E-state index contributed by atoms with van der Waals surface area (Å²) in [5.41, 5.74) is 4.46. The first-order chi connectivity index (χ1) is 30.8. The van der Waals surface area contributed by atoms with Gasteiger partial charge in [-0.2, -0.15) is 0 Å². The number of carbonyl (C=O) groups is 2. The van der Waals surface area contributed by atoms with E-state index in [1.807, 2.05) is 6.92 Å². The monoisotopic (exact) mass is 911 g/mol. The molecule has 15 heteroatoms. The van der Waals surface area contributed by atoms with Crippen molar-refractivity contribution in [3.63, 3.8) is 0 Å². The zero-order valence-corrected chi connectivity index (χ0v) is 39.2. The third kappa shape index (κ3) is 6.84. The second-order valence-corrected chi connectivity index (χ2v) is 23.7. The number of aromatic nitrogens is 2. The number of carbonyl (C=O) groups excluding carboxylic acids is 1. The second kappa shape index (κ2) is 16.9. The highest BCUT2D eigenvalue weighted by atomic mass is 16.7. The van der Waals surface area contributed by atoms with Gasteiger partial charge in [0, 0.05) is 42.3 Å². The normalized spacial score (nSPS) is 50.8. The fourth-order valence-corrected chi connectivity index (χ4v) is 17.7. The number of hydrogen-bond acceptors (Lipinski definition) is 12. The van der Waals surface area contributed by atoms with Crippen LogP contribution in [0.3, 0.4) is 0 Å². The third-order valence-corrected chi connectivity index (χ3v) is 21.0. The lowest BCUT2D eigenvalue weighted by atomic mass is 9.30. The van der Waals surface area contributed by atoms with Crippen LogP contribution in [0.1, 0.15) is 130 Å². The first kappa shape index (κ1) is 47.6. The third-order valence-electron chi connectivity index (χ3n) is 21.0. The number of fused-ring (bicyclic) bond motifs is 8. The van der Waals surface area contributed by atoms with Crippen LogP contribution < -0.4 is 11.1 Å². The van der Waals surface area contributed by atoms with Gasteiger partial charge in [-0.25, -0.2) is 4.98 Å². The van der Waals surface area contributed by atoms with Gasteiger partial charge in [0.1, 0.15) is 18.3 Å². The van der Waals surface area contributed by atoms with Crippen LogP contribution in [-0.4, -0.2) is 127 Å². The molecule has 11 N–H and O–H groups in total. The lowest BCUT2D eigenvalue weighted by Crippen LogP contribution is -2.73. The smallest absolute Gasteiger partial charge is 0.310 e. The summed E-state index contributed by atoms with van der Waals surface area (Å²) in [6.07, 6.45) is 6.64. The molecular formula is C50H78N4O11. The number of carboxylic acid groups (broad SMARTS) is 1. The number of aliphatic carboxylic acids is 1. The maximum Gasteiger partial charge on any atom is 0.310 e. The van der Waals surface area contributed by atoms with Gasteiger partial charge in [-0.15, -0.1) is 0 Å². The number of aliphatic hydroxyl groups is 6. The van der Waals surface area contributed by atoms with Crippen molar-refractivity contribution in [2.24, 2.45) is 79.6 Å². The van der Waals surface area contributed by atoms with Crippen molar-refractivity contribution >= 4 is 11.9 Å². The van der Waals surface area contributed by atoms with Crippen molar-refractivity contribution in [2.45, 2.75) is 167 Å². The Kier molecular flexibility index (Phi) is 12.4. The van der Waals surface area contributed by atoms with E-state index in [2.05, 4.69) is 49.1 Å². The van der Waals surface area contributed by atoms with Gasteiger partial charge >= 0.3 is 5.97 Å². The predicted molar refractivity (Wildman–Crippen MR) is 238 cm³/mol. The topological polar surface area (TPSA) is 261 Å². The molecule has 1 aromatic heterocycles. The van der Waals surface area contributed by atoms with E-state index in [1.165, 1.54) is 5.57 Å². The number of carboxylic acids is 1. The van der Waals surface area contributed by atoms with E-state index < -0.39 is 75.8 Å². The SMILES string of the molecule is CC1(CO)CC2CCCC3CC2(C(=O)O)C(C1)C1=CCC2C4(C)C(CC5CC(=O)NC5C(CCCN)c5cnc[nH]5)C(O)C(OC5OCC(O)C(O)C5O)C(C)(CO)C4CCC2(C)C13C. The standard InChI is InChI=1S/C50H78N4O11/c1-45(23-55)18-28-9-6-8-27-19-50(28,44(62)63)32(20-45)30-11-12-36-47(3,49(27,30)5)14-13-35-46(2,24-56)42(65-43-41(61)40(60)34(57)22-64-43)39(59)31(48(35,36)4)16-26-17-37(58)54-38(26)29(10-7-15-51)33-21-52-25-53-33/h11,21,25-29,31-32,34-36,38-43,55-57,59-61H,6-10,12-20,22-24,51H2,1-5H3,(H,52,53)(H,54,58)(H,62,63). The summed E-state index contributed by atoms with van der Waals surface area (Å²) in [6, 6.07) is -0.284. The molecule has 21 atom stereocenters. The maximum atomic E-state index is 13.9. The molecule has 8 aliphatic rings. The van der Waals surface area contributed by atoms with Gasteiger partial charge in [-0.1, -0.05) is 52.7 Å². The van der Waals surface area contributed by atoms with Crippen molar-refractivity contribution < 1.29 is 54.8 Å². The molecule has 0 aromatic carbocycles. The van der Waals surface area contributed by atoms with Gasteiger partial charge < -0.3 is 61.3 Å². The Bertz CT molecular complexity index is 1970. The lowest BCUT2D eigenvalue weighted by molar-refractivity contribution is -0.341. The molecule has 2 saturated heterocycles. The number of ether oxygens (including phenoxy) is 2. The Morgan fingerprint density at radius 2 is 1.74 bits per heavy atom. The second-order valence-electron chi connectivity index (χ2n) is 23.7. The number of rotatable bonds is 12. The van der Waals surface area contributed by atoms with E-state index in [9.17, 15) is 45.3 Å². The zero-order chi connectivity index (χ0) is 46.6. The molecule has 9 rings (SSSR count). The molecular weight excluding hydrogens is 833 g/mol. The minimum absolute atomic E-state index is 0.0146. The van der Waals surface area contributed by atoms with Crippen LogP contribution in [0.2, 0.25) is 0 Å². The summed E-state index contributed by atoms with van der Waals surface area (Å²) >= 11 is 0. The number of H-pyrrole nitrogens is 1. The van der Waals surface area contributed by atoms with E-state index in [-0.39, 0.29) is 85.0 Å². The van der Waals surface area contributed by atoms with Gasteiger partial charge in [-0.05, 0) is 140 Å². The molecule has 7 fully saturated rings. The summed E-state index contributed by atoms with van der Waals surface area (Å²) in [7, 11) is 0. The van der Waals surface area contributed by atoms with Gasteiger partial charge in [0.05, 0.1) is 37.2 Å². The summed E-state index contributed by atoms with van der Waals surface area (Å²) in [6.45, 7) is 11.1. The van der Waals surface area contributed by atoms with E-state index >= 15 is 0 Å². The van der Waals surface area contributed by atoms with Crippen LogP contribution in [0.4, 0.5) is 0 Å². The molecule has 0 radical (unpaired) electrons. The Hall–Kier alpha value is -2.47. The molecule has 1 amide bonds. The summed E-state index contributed by atoms with van der Waals surface area (Å²) in [5, 5.41) is 83.0. The van der Waals surface area contributed by atoms with Crippen molar-refractivity contribution in [1.82, 2.24) is 15.3 Å². The van der Waals surface area contributed by atoms with Gasteiger partial charge in [-0.3, -0.25) is 9.59 Å². The number of nitrogens with zero attached hydrogens (tertiary/aromatic N) is 1. The highest BCUT2D eigenvalue weighted by molar-refractivity contribution is 5.79. The first-order valence-corrected chi connectivity index (χ1v) is 24.9. The number of aliphatic hydroxyl groups excluding tert-OH is 6. The van der Waals surface area contributed by atoms with Crippen LogP contribution in [0, 0.1) is 73.9 Å². The number of imidazole rings is 1. The molecule has 2 bridgehead atoms. The van der Waals surface area contributed by atoms with E-state index in [4.69, 9.17) is 15.2 Å². The number of amides is 1. The average molecular weight is 911 g/mol. The molecule has 21 unspecified atom stereocenters. The minimum Gasteiger partial charge on any atom is -0.481 e. The lowest BCUT2D eigenvalue weighted by Gasteiger charge is -2.75. The summed E-state index contributed by atoms with van der Waals surface area (Å²) in [5.74, 6) is -1.95. The van der Waals surface area contributed by atoms with Crippen LogP contribution in [-0.2, 0) is 19.1 Å².